The van der Waals surface area contributed by atoms with Crippen LogP contribution >= 0.6 is 27.3 Å². The van der Waals surface area contributed by atoms with E-state index in [0.29, 0.717) is 6.04 Å². The number of halogens is 1. The Hall–Kier alpha value is -0.710. The van der Waals surface area contributed by atoms with Gasteiger partial charge in [-0.15, -0.1) is 11.3 Å². The molecule has 2 rings (SSSR count). The highest BCUT2D eigenvalue weighted by Gasteiger charge is 2.08. The summed E-state index contributed by atoms with van der Waals surface area (Å²) in [4.78, 5) is 5.85. The van der Waals surface area contributed by atoms with E-state index in [1.807, 2.05) is 6.07 Å². The second-order valence-corrected chi connectivity index (χ2v) is 6.61. The highest BCUT2D eigenvalue weighted by atomic mass is 79.9. The number of aromatic nitrogens is 1. The van der Waals surface area contributed by atoms with Crippen LogP contribution in [0.4, 0.5) is 0 Å². The molecule has 0 aliphatic heterocycles. The van der Waals surface area contributed by atoms with Gasteiger partial charge in [0.2, 0.25) is 0 Å². The van der Waals surface area contributed by atoms with Crippen molar-refractivity contribution in [2.45, 2.75) is 33.4 Å². The number of benzene rings is 1. The molecule has 0 aliphatic carbocycles. The van der Waals surface area contributed by atoms with E-state index in [1.165, 1.54) is 10.4 Å². The maximum Gasteiger partial charge on any atom is 0.107 e. The van der Waals surface area contributed by atoms with Gasteiger partial charge in [-0.1, -0.05) is 28.1 Å². The number of hydrogen-bond acceptors (Lipinski definition) is 3. The molecule has 0 saturated heterocycles. The highest BCUT2D eigenvalue weighted by molar-refractivity contribution is 9.10. The number of nitrogens with one attached hydrogen (secondary N) is 1. The molecule has 0 aliphatic rings. The molecule has 4 heteroatoms. The van der Waals surface area contributed by atoms with Gasteiger partial charge in [-0.25, -0.2) is 4.98 Å². The lowest BCUT2D eigenvalue weighted by Crippen LogP contribution is -2.17. The van der Waals surface area contributed by atoms with E-state index >= 15 is 0 Å². The summed E-state index contributed by atoms with van der Waals surface area (Å²) in [5, 5.41) is 4.67. The SMILES string of the molecule is Cc1nc(CN[C@H](C)c2cccc(Br)c2)sc1C. The third-order valence-electron chi connectivity index (χ3n) is 2.98. The second-order valence-electron chi connectivity index (χ2n) is 4.41. The van der Waals surface area contributed by atoms with E-state index in [-0.39, 0.29) is 0 Å². The lowest BCUT2D eigenvalue weighted by Gasteiger charge is -2.13. The Balaban J connectivity index is 1.98. The Bertz CT molecular complexity index is 517. The van der Waals surface area contributed by atoms with Gasteiger partial charge in [-0.3, -0.25) is 0 Å². The standard InChI is InChI=1S/C14H17BrN2S/c1-9-11(3)18-14(17-9)8-16-10(2)12-5-4-6-13(15)7-12/h4-7,10,16H,8H2,1-3H3/t10-/m1/s1. The van der Waals surface area contributed by atoms with Crippen molar-refractivity contribution in [3.63, 3.8) is 0 Å². The predicted octanol–water partition coefficient (Wildman–Crippen LogP) is 4.37. The van der Waals surface area contributed by atoms with E-state index in [2.05, 4.69) is 65.2 Å². The quantitative estimate of drug-likeness (QED) is 0.903. The Morgan fingerprint density at radius 2 is 2.17 bits per heavy atom. The molecule has 2 nitrogen and oxygen atoms in total. The smallest absolute Gasteiger partial charge is 0.107 e. The predicted molar refractivity (Wildman–Crippen MR) is 81.0 cm³/mol. The zero-order valence-corrected chi connectivity index (χ0v) is 13.2. The average Bonchev–Trinajstić information content (AvgIpc) is 2.66. The zero-order valence-electron chi connectivity index (χ0n) is 10.8. The molecule has 2 aromatic rings. The summed E-state index contributed by atoms with van der Waals surface area (Å²) >= 11 is 5.27. The van der Waals surface area contributed by atoms with Crippen LogP contribution in [-0.2, 0) is 6.54 Å². The summed E-state index contributed by atoms with van der Waals surface area (Å²) in [6.45, 7) is 7.18. The van der Waals surface area contributed by atoms with Crippen molar-refractivity contribution in [1.82, 2.24) is 10.3 Å². The molecule has 1 aromatic carbocycles. The molecule has 18 heavy (non-hydrogen) atoms. The molecular weight excluding hydrogens is 308 g/mol. The summed E-state index contributed by atoms with van der Waals surface area (Å²) in [5.74, 6) is 0. The van der Waals surface area contributed by atoms with Crippen LogP contribution in [-0.4, -0.2) is 4.98 Å². The molecule has 0 amide bonds. The van der Waals surface area contributed by atoms with Crippen molar-refractivity contribution in [2.75, 3.05) is 0 Å². The molecule has 0 saturated carbocycles. The first-order chi connectivity index (χ1) is 8.56. The fourth-order valence-electron chi connectivity index (χ4n) is 1.75. The van der Waals surface area contributed by atoms with Gasteiger partial charge in [0.1, 0.15) is 5.01 Å². The van der Waals surface area contributed by atoms with Crippen LogP contribution in [0, 0.1) is 13.8 Å². The minimum atomic E-state index is 0.326. The molecule has 96 valence electrons. The Labute approximate surface area is 121 Å². The van der Waals surface area contributed by atoms with Crippen molar-refractivity contribution in [3.8, 4) is 0 Å². The maximum absolute atomic E-state index is 4.54. The number of nitrogens with zero attached hydrogens (tertiary/aromatic N) is 1. The summed E-state index contributed by atoms with van der Waals surface area (Å²) in [6, 6.07) is 8.72. The fraction of sp³-hybridized carbons (Fsp3) is 0.357. The van der Waals surface area contributed by atoms with Gasteiger partial charge in [-0.05, 0) is 38.5 Å². The first-order valence-electron chi connectivity index (χ1n) is 5.98. The summed E-state index contributed by atoms with van der Waals surface area (Å²) in [7, 11) is 0. The van der Waals surface area contributed by atoms with Crippen molar-refractivity contribution in [2.24, 2.45) is 0 Å². The monoisotopic (exact) mass is 324 g/mol. The van der Waals surface area contributed by atoms with E-state index in [4.69, 9.17) is 0 Å². The molecular formula is C14H17BrN2S. The van der Waals surface area contributed by atoms with Gasteiger partial charge < -0.3 is 5.32 Å². The minimum Gasteiger partial charge on any atom is -0.304 e. The number of rotatable bonds is 4. The first-order valence-corrected chi connectivity index (χ1v) is 7.59. The van der Waals surface area contributed by atoms with Gasteiger partial charge in [0.05, 0.1) is 5.69 Å². The van der Waals surface area contributed by atoms with Gasteiger partial charge >= 0.3 is 0 Å². The highest BCUT2D eigenvalue weighted by Crippen LogP contribution is 2.20. The zero-order chi connectivity index (χ0) is 13.1. The van der Waals surface area contributed by atoms with E-state index in [0.717, 1.165) is 21.7 Å². The van der Waals surface area contributed by atoms with Crippen LogP contribution in [0.2, 0.25) is 0 Å². The van der Waals surface area contributed by atoms with Crippen molar-refractivity contribution in [1.29, 1.82) is 0 Å². The van der Waals surface area contributed by atoms with Gasteiger partial charge in [0.15, 0.2) is 0 Å². The molecule has 1 N–H and O–H groups in total. The lowest BCUT2D eigenvalue weighted by atomic mass is 10.1. The molecule has 1 atom stereocenters. The number of thiazole rings is 1. The van der Waals surface area contributed by atoms with Gasteiger partial charge in [0.25, 0.3) is 0 Å². The van der Waals surface area contributed by atoms with Crippen LogP contribution in [0.25, 0.3) is 0 Å². The maximum atomic E-state index is 4.54. The van der Waals surface area contributed by atoms with Crippen molar-refractivity contribution >= 4 is 27.3 Å². The molecule has 0 fully saturated rings. The third kappa shape index (κ3) is 3.40. The van der Waals surface area contributed by atoms with Crippen LogP contribution in [0.1, 0.15) is 34.1 Å². The van der Waals surface area contributed by atoms with E-state index in [1.54, 1.807) is 11.3 Å². The Kier molecular flexibility index (Phi) is 4.54. The minimum absolute atomic E-state index is 0.326. The molecule has 0 bridgehead atoms. The fourth-order valence-corrected chi connectivity index (χ4v) is 3.05. The normalized spacial score (nSPS) is 12.7. The second kappa shape index (κ2) is 5.95. The topological polar surface area (TPSA) is 24.9 Å². The Morgan fingerprint density at radius 3 is 2.78 bits per heavy atom. The van der Waals surface area contributed by atoms with Crippen molar-refractivity contribution < 1.29 is 0 Å². The molecule has 0 unspecified atom stereocenters. The van der Waals surface area contributed by atoms with Crippen LogP contribution in [0.5, 0.6) is 0 Å². The molecule has 0 radical (unpaired) electrons. The lowest BCUT2D eigenvalue weighted by molar-refractivity contribution is 0.572. The average molecular weight is 325 g/mol. The molecule has 1 heterocycles. The van der Waals surface area contributed by atoms with E-state index in [9.17, 15) is 0 Å². The first kappa shape index (κ1) is 13.7. The van der Waals surface area contributed by atoms with Crippen LogP contribution < -0.4 is 5.32 Å². The van der Waals surface area contributed by atoms with Crippen molar-refractivity contribution in [3.05, 3.63) is 49.9 Å². The molecule has 1 aromatic heterocycles. The van der Waals surface area contributed by atoms with Crippen LogP contribution in [0.3, 0.4) is 0 Å². The van der Waals surface area contributed by atoms with Gasteiger partial charge in [-0.2, -0.15) is 0 Å². The summed E-state index contributed by atoms with van der Waals surface area (Å²) in [6.07, 6.45) is 0. The van der Waals surface area contributed by atoms with E-state index < -0.39 is 0 Å². The molecule has 0 spiro atoms. The number of aryl methyl sites for hydroxylation is 2. The summed E-state index contributed by atoms with van der Waals surface area (Å²) < 4.78 is 1.12. The number of hydrogen-bond donors (Lipinski definition) is 1. The largest absolute Gasteiger partial charge is 0.304 e. The van der Waals surface area contributed by atoms with Gasteiger partial charge in [0, 0.05) is 21.9 Å². The third-order valence-corrected chi connectivity index (χ3v) is 4.55. The Morgan fingerprint density at radius 1 is 1.39 bits per heavy atom. The van der Waals surface area contributed by atoms with Crippen LogP contribution in [0.15, 0.2) is 28.7 Å². The summed E-state index contributed by atoms with van der Waals surface area (Å²) in [5.41, 5.74) is 2.43.